The van der Waals surface area contributed by atoms with Gasteiger partial charge in [-0.15, -0.1) is 0 Å². The third kappa shape index (κ3) is 10.2. The molecule has 1 aromatic rings. The van der Waals surface area contributed by atoms with Crippen LogP contribution in [0.4, 0.5) is 0 Å². The summed E-state index contributed by atoms with van der Waals surface area (Å²) in [5.74, 6) is -1.48. The lowest BCUT2D eigenvalue weighted by Crippen LogP contribution is -2.57. The van der Waals surface area contributed by atoms with Crippen LogP contribution in [0.15, 0.2) is 46.7 Å². The van der Waals surface area contributed by atoms with Crippen LogP contribution in [-0.4, -0.2) is 49.2 Å². The summed E-state index contributed by atoms with van der Waals surface area (Å²) in [5, 5.41) is 3.98. The Bertz CT molecular complexity index is 990. The summed E-state index contributed by atoms with van der Waals surface area (Å²) < 4.78 is 25.4. The molecule has 0 saturated carbocycles. The largest absolute Gasteiger partial charge is 0.348 e. The molecule has 9 heteroatoms. The fourth-order valence-corrected chi connectivity index (χ4v) is 4.99. The Morgan fingerprint density at radius 3 is 2.11 bits per heavy atom. The van der Waals surface area contributed by atoms with E-state index in [-0.39, 0.29) is 23.2 Å². The first-order chi connectivity index (χ1) is 16.8. The van der Waals surface area contributed by atoms with Gasteiger partial charge in [-0.05, 0) is 43.2 Å². The van der Waals surface area contributed by atoms with Gasteiger partial charge in [0.05, 0.1) is 10.9 Å². The summed E-state index contributed by atoms with van der Waals surface area (Å²) in [6.45, 7) is 10.9. The SMILES string of the molecule is CCCC[C@@H](C=CS(=O)(=O)c1ccccc1)NC(=O)[C@H](CC(C)C)N(C(C)=O)C(=O)[C@@H](N)CC(C)C. The van der Waals surface area contributed by atoms with Gasteiger partial charge in [-0.1, -0.05) is 71.7 Å². The number of nitrogens with two attached hydrogens (primary N) is 1. The number of hydrogen-bond donors (Lipinski definition) is 2. The Kier molecular flexibility index (Phi) is 13.0. The van der Waals surface area contributed by atoms with E-state index in [0.717, 1.165) is 23.1 Å². The zero-order valence-electron chi connectivity index (χ0n) is 22.4. The van der Waals surface area contributed by atoms with Gasteiger partial charge in [-0.2, -0.15) is 0 Å². The second kappa shape index (κ2) is 14.9. The number of unbranched alkanes of at least 4 members (excludes halogenated alkanes) is 1. The Morgan fingerprint density at radius 2 is 1.61 bits per heavy atom. The van der Waals surface area contributed by atoms with E-state index in [4.69, 9.17) is 5.73 Å². The molecular weight excluding hydrogens is 478 g/mol. The van der Waals surface area contributed by atoms with Gasteiger partial charge in [0.25, 0.3) is 0 Å². The quantitative estimate of drug-likeness (QED) is 0.383. The average Bonchev–Trinajstić information content (AvgIpc) is 2.79. The zero-order valence-corrected chi connectivity index (χ0v) is 23.3. The fraction of sp³-hybridized carbons (Fsp3) is 0.593. The Hall–Kier alpha value is -2.52. The van der Waals surface area contributed by atoms with Gasteiger partial charge >= 0.3 is 0 Å². The fourth-order valence-electron chi connectivity index (χ4n) is 3.90. The first-order valence-corrected chi connectivity index (χ1v) is 14.2. The van der Waals surface area contributed by atoms with Crippen LogP contribution in [0.5, 0.6) is 0 Å². The highest BCUT2D eigenvalue weighted by Gasteiger charge is 2.36. The number of benzene rings is 1. The summed E-state index contributed by atoms with van der Waals surface area (Å²) in [6, 6.07) is 5.51. The summed E-state index contributed by atoms with van der Waals surface area (Å²) in [6.07, 6.45) is 4.23. The van der Waals surface area contributed by atoms with Crippen molar-refractivity contribution in [2.75, 3.05) is 0 Å². The molecule has 0 bridgehead atoms. The first-order valence-electron chi connectivity index (χ1n) is 12.7. The van der Waals surface area contributed by atoms with Crippen molar-refractivity contribution in [3.63, 3.8) is 0 Å². The van der Waals surface area contributed by atoms with Gasteiger partial charge in [0.1, 0.15) is 6.04 Å². The monoisotopic (exact) mass is 521 g/mol. The lowest BCUT2D eigenvalue weighted by molar-refractivity contribution is -0.152. The molecule has 0 spiro atoms. The molecule has 0 radical (unpaired) electrons. The highest BCUT2D eigenvalue weighted by Crippen LogP contribution is 2.18. The smallest absolute Gasteiger partial charge is 0.246 e. The summed E-state index contributed by atoms with van der Waals surface area (Å²) in [5.41, 5.74) is 6.09. The van der Waals surface area contributed by atoms with E-state index in [1.807, 2.05) is 34.6 Å². The molecule has 3 atom stereocenters. The Labute approximate surface area is 216 Å². The normalized spacial score (nSPS) is 14.6. The summed E-state index contributed by atoms with van der Waals surface area (Å²) in [4.78, 5) is 40.3. The summed E-state index contributed by atoms with van der Waals surface area (Å²) >= 11 is 0. The van der Waals surface area contributed by atoms with Crippen LogP contribution in [0.2, 0.25) is 0 Å². The molecule has 0 unspecified atom stereocenters. The van der Waals surface area contributed by atoms with Crippen molar-refractivity contribution < 1.29 is 22.8 Å². The van der Waals surface area contributed by atoms with Crippen LogP contribution >= 0.6 is 0 Å². The molecule has 0 aliphatic carbocycles. The van der Waals surface area contributed by atoms with E-state index in [0.29, 0.717) is 12.8 Å². The number of hydrogen-bond acceptors (Lipinski definition) is 6. The van der Waals surface area contributed by atoms with Crippen LogP contribution in [0.25, 0.3) is 0 Å². The molecule has 0 aromatic heterocycles. The minimum Gasteiger partial charge on any atom is -0.348 e. The first kappa shape index (κ1) is 31.5. The molecule has 0 fully saturated rings. The van der Waals surface area contributed by atoms with Crippen molar-refractivity contribution in [1.82, 2.24) is 10.2 Å². The molecule has 0 aliphatic rings. The van der Waals surface area contributed by atoms with Crippen molar-refractivity contribution in [2.45, 2.75) is 96.7 Å². The van der Waals surface area contributed by atoms with Crippen molar-refractivity contribution in [3.8, 4) is 0 Å². The van der Waals surface area contributed by atoms with E-state index in [2.05, 4.69) is 5.32 Å². The second-order valence-electron chi connectivity index (χ2n) is 10.1. The van der Waals surface area contributed by atoms with Crippen molar-refractivity contribution >= 4 is 27.6 Å². The number of rotatable bonds is 14. The molecule has 3 N–H and O–H groups in total. The second-order valence-corrected chi connectivity index (χ2v) is 11.9. The van der Waals surface area contributed by atoms with Gasteiger partial charge in [-0.3, -0.25) is 19.3 Å². The van der Waals surface area contributed by atoms with Crippen molar-refractivity contribution in [1.29, 1.82) is 0 Å². The minimum atomic E-state index is -3.69. The number of sulfone groups is 1. The van der Waals surface area contributed by atoms with Crippen molar-refractivity contribution in [3.05, 3.63) is 41.8 Å². The molecule has 0 heterocycles. The predicted octanol–water partition coefficient (Wildman–Crippen LogP) is 3.81. The molecule has 36 heavy (non-hydrogen) atoms. The number of imide groups is 1. The Balaban J connectivity index is 3.25. The van der Waals surface area contributed by atoms with Crippen LogP contribution < -0.4 is 11.1 Å². The number of amides is 3. The van der Waals surface area contributed by atoms with Crippen LogP contribution in [-0.2, 0) is 24.2 Å². The maximum Gasteiger partial charge on any atom is 0.246 e. The topological polar surface area (TPSA) is 127 Å². The van der Waals surface area contributed by atoms with E-state index >= 15 is 0 Å². The van der Waals surface area contributed by atoms with E-state index in [1.165, 1.54) is 25.1 Å². The number of nitrogens with one attached hydrogen (secondary N) is 1. The van der Waals surface area contributed by atoms with Crippen LogP contribution in [0.3, 0.4) is 0 Å². The van der Waals surface area contributed by atoms with Gasteiger partial charge < -0.3 is 11.1 Å². The molecule has 0 aliphatic heterocycles. The highest BCUT2D eigenvalue weighted by molar-refractivity contribution is 7.94. The third-order valence-electron chi connectivity index (χ3n) is 5.69. The molecule has 8 nitrogen and oxygen atoms in total. The van der Waals surface area contributed by atoms with E-state index in [1.54, 1.807) is 18.2 Å². The number of carbonyl (C=O) groups excluding carboxylic acids is 3. The molecule has 3 amide bonds. The molecule has 202 valence electrons. The number of nitrogens with zero attached hydrogens (tertiary/aromatic N) is 1. The van der Waals surface area contributed by atoms with Gasteiger partial charge in [0, 0.05) is 18.4 Å². The van der Waals surface area contributed by atoms with E-state index < -0.39 is 45.7 Å². The summed E-state index contributed by atoms with van der Waals surface area (Å²) in [7, 11) is -3.69. The lowest BCUT2D eigenvalue weighted by Gasteiger charge is -2.32. The lowest BCUT2D eigenvalue weighted by atomic mass is 9.98. The average molecular weight is 522 g/mol. The van der Waals surface area contributed by atoms with Gasteiger partial charge in [0.2, 0.25) is 17.7 Å². The molecular formula is C27H43N3O5S. The number of carbonyl (C=O) groups is 3. The van der Waals surface area contributed by atoms with Crippen molar-refractivity contribution in [2.24, 2.45) is 17.6 Å². The van der Waals surface area contributed by atoms with E-state index in [9.17, 15) is 22.8 Å². The highest BCUT2D eigenvalue weighted by atomic mass is 32.2. The maximum absolute atomic E-state index is 13.5. The van der Waals surface area contributed by atoms with Crippen LogP contribution in [0.1, 0.15) is 73.6 Å². The molecule has 1 rings (SSSR count). The maximum atomic E-state index is 13.5. The minimum absolute atomic E-state index is 0.0137. The molecule has 0 saturated heterocycles. The Morgan fingerprint density at radius 1 is 1.03 bits per heavy atom. The third-order valence-corrected chi connectivity index (χ3v) is 7.13. The molecule has 1 aromatic carbocycles. The van der Waals surface area contributed by atoms with Crippen LogP contribution in [0, 0.1) is 11.8 Å². The standard InChI is InChI=1S/C27H43N3O5S/c1-7-8-12-22(15-16-36(34,35)23-13-10-9-11-14-23)29-26(32)25(18-20(4)5)30(21(6)31)27(33)24(28)17-19(2)3/h9-11,13-16,19-20,22,24-25H,7-8,12,17-18,28H2,1-6H3,(H,29,32)/t22-,24-,25-/m0/s1. The predicted molar refractivity (Wildman–Crippen MR) is 142 cm³/mol. The van der Waals surface area contributed by atoms with Gasteiger partial charge in [0.15, 0.2) is 9.84 Å². The zero-order chi connectivity index (χ0) is 27.5. The van der Waals surface area contributed by atoms with Gasteiger partial charge in [-0.25, -0.2) is 8.42 Å².